The number of guanidine groups is 1. The molecule has 308 valence electrons. The van der Waals surface area contributed by atoms with Gasteiger partial charge in [-0.1, -0.05) is 6.07 Å². The van der Waals surface area contributed by atoms with Crippen LogP contribution in [0.1, 0.15) is 76.3 Å². The molecule has 2 fully saturated rings. The number of carbonyl (C=O) groups excluding carboxylic acids is 4. The van der Waals surface area contributed by atoms with E-state index in [9.17, 15) is 29.1 Å². The zero-order valence-electron chi connectivity index (χ0n) is 32.8. The molecular weight excluding hydrogens is 728 g/mol. The van der Waals surface area contributed by atoms with Gasteiger partial charge in [-0.2, -0.15) is 0 Å². The zero-order chi connectivity index (χ0) is 40.9. The van der Waals surface area contributed by atoms with Crippen LogP contribution in [0.2, 0.25) is 0 Å². The van der Waals surface area contributed by atoms with Gasteiger partial charge in [0.05, 0.1) is 24.2 Å². The van der Waals surface area contributed by atoms with Crippen LogP contribution >= 0.6 is 0 Å². The second-order valence-electron chi connectivity index (χ2n) is 15.2. The number of rotatable bonds is 14. The summed E-state index contributed by atoms with van der Waals surface area (Å²) in [7, 11) is 3.55. The van der Waals surface area contributed by atoms with Crippen molar-refractivity contribution in [3.8, 4) is 11.5 Å². The number of fused-ring (bicyclic) bond motifs is 1. The van der Waals surface area contributed by atoms with Crippen molar-refractivity contribution < 1.29 is 48.4 Å². The molecule has 7 unspecified atom stereocenters. The van der Waals surface area contributed by atoms with Crippen molar-refractivity contribution in [2.75, 3.05) is 40.3 Å². The van der Waals surface area contributed by atoms with Crippen LogP contribution in [0.3, 0.4) is 0 Å². The van der Waals surface area contributed by atoms with Gasteiger partial charge in [-0.05, 0) is 90.6 Å². The molecule has 0 saturated carbocycles. The van der Waals surface area contributed by atoms with Gasteiger partial charge in [0.1, 0.15) is 24.3 Å². The van der Waals surface area contributed by atoms with Gasteiger partial charge in [-0.15, -0.1) is 0 Å². The monoisotopic (exact) mass is 784 g/mol. The average Bonchev–Trinajstić information content (AvgIpc) is 3.52. The molecule has 2 saturated heterocycles. The van der Waals surface area contributed by atoms with Gasteiger partial charge in [0.2, 0.25) is 17.7 Å². The second kappa shape index (κ2) is 17.4. The molecule has 4 aliphatic rings. The number of nitrogens with zero attached hydrogens (tertiary/aromatic N) is 3. The van der Waals surface area contributed by atoms with Crippen molar-refractivity contribution in [3.63, 3.8) is 0 Å². The number of likely N-dealkylation sites (tertiary alicyclic amines) is 2. The lowest BCUT2D eigenvalue weighted by molar-refractivity contribution is -0.153. The topological polar surface area (TPSA) is 260 Å². The molecule has 0 bridgehead atoms. The number of carboxylic acids is 1. The number of likely N-dealkylation sites (N-methyl/N-ethyl adjacent to an activating group) is 1. The predicted molar refractivity (Wildman–Crippen MR) is 204 cm³/mol. The van der Waals surface area contributed by atoms with Gasteiger partial charge >= 0.3 is 12.1 Å². The summed E-state index contributed by atoms with van der Waals surface area (Å²) in [6.45, 7) is 6.69. The average molecular weight is 785 g/mol. The highest BCUT2D eigenvalue weighted by Crippen LogP contribution is 2.62. The number of benzene rings is 1. The number of carboxylic acid groups (broad SMARTS) is 1. The number of nitrogens with one attached hydrogen (secondary N) is 3. The number of aryl methyl sites for hydroxylation is 1. The minimum atomic E-state index is -1.35. The molecule has 18 heteroatoms. The van der Waals surface area contributed by atoms with E-state index in [1.54, 1.807) is 18.1 Å². The molecular formula is C38H56N8O10. The molecule has 1 aliphatic carbocycles. The van der Waals surface area contributed by atoms with Crippen molar-refractivity contribution in [1.82, 2.24) is 25.8 Å². The number of methoxy groups -OCH3 is 1. The lowest BCUT2D eigenvalue weighted by atomic mass is 9.54. The van der Waals surface area contributed by atoms with Gasteiger partial charge < -0.3 is 61.6 Å². The normalized spacial score (nSPS) is 26.4. The van der Waals surface area contributed by atoms with E-state index in [0.29, 0.717) is 49.6 Å². The Hall–Kier alpha value is -5.10. The van der Waals surface area contributed by atoms with Crippen molar-refractivity contribution in [1.29, 1.82) is 0 Å². The van der Waals surface area contributed by atoms with Gasteiger partial charge in [0, 0.05) is 37.7 Å². The molecule has 0 radical (unpaired) electrons. The van der Waals surface area contributed by atoms with E-state index in [4.69, 9.17) is 30.8 Å². The minimum absolute atomic E-state index is 0.0630. The van der Waals surface area contributed by atoms with E-state index in [1.807, 2.05) is 33.0 Å². The predicted octanol–water partition coefficient (Wildman–Crippen LogP) is 0.370. The highest BCUT2D eigenvalue weighted by molar-refractivity contribution is 5.96. The van der Waals surface area contributed by atoms with Crippen molar-refractivity contribution >= 4 is 35.7 Å². The molecule has 1 aromatic rings. The summed E-state index contributed by atoms with van der Waals surface area (Å²) < 4.78 is 18.6. The van der Waals surface area contributed by atoms with Gasteiger partial charge in [-0.3, -0.25) is 24.2 Å². The Labute approximate surface area is 326 Å². The van der Waals surface area contributed by atoms with Crippen molar-refractivity contribution in [2.24, 2.45) is 16.5 Å². The van der Waals surface area contributed by atoms with Crippen LogP contribution in [0.5, 0.6) is 11.5 Å². The quantitative estimate of drug-likeness (QED) is 0.0583. The first-order chi connectivity index (χ1) is 26.5. The van der Waals surface area contributed by atoms with Crippen LogP contribution < -0.4 is 36.9 Å². The van der Waals surface area contributed by atoms with Crippen LogP contribution in [-0.2, 0) is 29.3 Å². The number of piperidine rings is 2. The molecule has 1 aromatic carbocycles. The summed E-state index contributed by atoms with van der Waals surface area (Å²) in [5.41, 5.74) is 10.5. The van der Waals surface area contributed by atoms with Crippen LogP contribution in [0.15, 0.2) is 29.0 Å². The SMILES string of the molecule is COc1ccc(C)c2c1OC1C(OC(=O)N3CCCCC3CNC(=O)C(CCCN=C(N)N)NC(=O)C(C)NC(=O)CC(=O)O)=CCC3(O)C(C)N(C)CCC213. The first-order valence-electron chi connectivity index (χ1n) is 19.1. The van der Waals surface area contributed by atoms with E-state index in [1.165, 1.54) is 6.92 Å². The number of hydrogen-bond acceptors (Lipinski definition) is 11. The third-order valence-corrected chi connectivity index (χ3v) is 11.8. The fraction of sp³-hybridized carbons (Fsp3) is 0.632. The molecule has 3 aliphatic heterocycles. The molecule has 7 atom stereocenters. The molecule has 0 aromatic heterocycles. The minimum Gasteiger partial charge on any atom is -0.493 e. The Kier molecular flexibility index (Phi) is 13.0. The lowest BCUT2D eigenvalue weighted by Crippen LogP contribution is -2.71. The van der Waals surface area contributed by atoms with E-state index in [-0.39, 0.29) is 37.9 Å². The molecule has 5 rings (SSSR count). The fourth-order valence-electron chi connectivity index (χ4n) is 8.67. The van der Waals surface area contributed by atoms with E-state index in [2.05, 4.69) is 25.8 Å². The van der Waals surface area contributed by atoms with E-state index < -0.39 is 71.5 Å². The lowest BCUT2D eigenvalue weighted by Gasteiger charge is -2.58. The van der Waals surface area contributed by atoms with Crippen LogP contribution in [0.25, 0.3) is 0 Å². The number of carbonyl (C=O) groups is 5. The number of nitrogens with two attached hydrogens (primary N) is 2. The van der Waals surface area contributed by atoms with Crippen molar-refractivity contribution in [3.05, 3.63) is 35.1 Å². The highest BCUT2D eigenvalue weighted by Gasteiger charge is 2.69. The largest absolute Gasteiger partial charge is 0.493 e. The zero-order valence-corrected chi connectivity index (χ0v) is 32.8. The van der Waals surface area contributed by atoms with Gasteiger partial charge in [0.25, 0.3) is 0 Å². The van der Waals surface area contributed by atoms with Crippen LogP contribution in [-0.4, -0.2) is 132 Å². The maximum absolute atomic E-state index is 14.1. The Bertz CT molecular complexity index is 1750. The van der Waals surface area contributed by atoms with E-state index in [0.717, 1.165) is 24.0 Å². The summed E-state index contributed by atoms with van der Waals surface area (Å²) >= 11 is 0. The van der Waals surface area contributed by atoms with Crippen LogP contribution in [0, 0.1) is 6.92 Å². The van der Waals surface area contributed by atoms with Crippen LogP contribution in [0.4, 0.5) is 4.79 Å². The Balaban J connectivity index is 1.31. The summed E-state index contributed by atoms with van der Waals surface area (Å²) in [6, 6.07) is 0.945. The molecule has 56 heavy (non-hydrogen) atoms. The number of hydrogen-bond donors (Lipinski definition) is 7. The summed E-state index contributed by atoms with van der Waals surface area (Å²) in [4.78, 5) is 71.2. The van der Waals surface area contributed by atoms with Gasteiger partial charge in [-0.25, -0.2) is 4.79 Å². The number of aliphatic carboxylic acids is 1. The number of aliphatic imine (C=N–C) groups is 1. The Morgan fingerprint density at radius 3 is 2.57 bits per heavy atom. The standard InChI is InChI=1S/C38H56N8O10/c1-21-11-12-26(54-5)31-30(21)37-15-18-45(4)23(3)38(37,53)14-13-27(32(37)56-31)55-36(52)46-17-7-6-9-24(46)20-42-34(51)25(10-8-16-41-35(39)40)44-33(50)22(2)43-28(47)19-29(48)49/h11-13,22-25,32,53H,6-10,14-20H2,1-5H3,(H,42,51)(H,43,47)(H,44,50)(H,48,49)(H4,39,40,41). The maximum Gasteiger partial charge on any atom is 0.415 e. The third kappa shape index (κ3) is 8.35. The first kappa shape index (κ1) is 42.1. The smallest absolute Gasteiger partial charge is 0.415 e. The second-order valence-corrected chi connectivity index (χ2v) is 15.2. The molecule has 9 N–H and O–H groups in total. The number of ether oxygens (including phenoxy) is 3. The Morgan fingerprint density at radius 1 is 1.12 bits per heavy atom. The first-order valence-corrected chi connectivity index (χ1v) is 19.1. The molecule has 4 amide bonds. The highest BCUT2D eigenvalue weighted by atomic mass is 16.6. The fourth-order valence-corrected chi connectivity index (χ4v) is 8.67. The molecule has 3 heterocycles. The summed E-state index contributed by atoms with van der Waals surface area (Å²) in [6.07, 6.45) is 2.92. The van der Waals surface area contributed by atoms with Gasteiger partial charge in [0.15, 0.2) is 23.6 Å². The molecule has 1 spiro atoms. The third-order valence-electron chi connectivity index (χ3n) is 11.8. The number of amides is 4. The Morgan fingerprint density at radius 2 is 1.88 bits per heavy atom. The van der Waals surface area contributed by atoms with E-state index >= 15 is 0 Å². The number of aliphatic hydroxyl groups is 1. The van der Waals surface area contributed by atoms with Crippen molar-refractivity contribution in [2.45, 2.75) is 113 Å². The maximum atomic E-state index is 14.1. The molecule has 18 nitrogen and oxygen atoms in total. The summed E-state index contributed by atoms with van der Waals surface area (Å²) in [5, 5.41) is 29.3. The summed E-state index contributed by atoms with van der Waals surface area (Å²) in [5.74, 6) is -2.16.